The van der Waals surface area contributed by atoms with E-state index >= 15 is 0 Å². The van der Waals surface area contributed by atoms with Crippen molar-refractivity contribution in [3.8, 4) is 0 Å². The van der Waals surface area contributed by atoms with Crippen LogP contribution in [0.3, 0.4) is 0 Å². The first-order valence-corrected chi connectivity index (χ1v) is 6.57. The lowest BCUT2D eigenvalue weighted by Gasteiger charge is -2.43. The van der Waals surface area contributed by atoms with Crippen molar-refractivity contribution >= 4 is 5.96 Å². The molecule has 0 saturated carbocycles. The summed E-state index contributed by atoms with van der Waals surface area (Å²) in [5.41, 5.74) is 2.34. The van der Waals surface area contributed by atoms with Crippen LogP contribution in [0.4, 0.5) is 0 Å². The van der Waals surface area contributed by atoms with E-state index in [1.165, 1.54) is 0 Å². The third kappa shape index (κ3) is 4.44. The average Bonchev–Trinajstić information content (AvgIpc) is 2.32. The van der Waals surface area contributed by atoms with E-state index in [4.69, 9.17) is 10.6 Å². The van der Waals surface area contributed by atoms with E-state index in [9.17, 15) is 5.11 Å². The predicted molar refractivity (Wildman–Crippen MR) is 72.1 cm³/mol. The summed E-state index contributed by atoms with van der Waals surface area (Å²) in [5, 5.41) is 9.27. The van der Waals surface area contributed by atoms with Crippen molar-refractivity contribution < 1.29 is 9.84 Å². The third-order valence-corrected chi connectivity index (χ3v) is 2.89. The Kier molecular flexibility index (Phi) is 5.84. The molecule has 1 aliphatic rings. The number of morpholine rings is 1. The molecule has 4 N–H and O–H groups in total. The molecule has 0 spiro atoms. The summed E-state index contributed by atoms with van der Waals surface area (Å²) in [6.07, 6.45) is 1.95. The van der Waals surface area contributed by atoms with Crippen LogP contribution < -0.4 is 11.3 Å². The van der Waals surface area contributed by atoms with Gasteiger partial charge in [0.2, 0.25) is 5.96 Å². The molecule has 1 saturated heterocycles. The summed E-state index contributed by atoms with van der Waals surface area (Å²) in [4.78, 5) is 6.50. The lowest BCUT2D eigenvalue weighted by molar-refractivity contribution is -0.135. The van der Waals surface area contributed by atoms with Crippen LogP contribution in [0.2, 0.25) is 0 Å². The number of aliphatic hydroxyl groups excluding tert-OH is 1. The molecule has 1 aliphatic heterocycles. The van der Waals surface area contributed by atoms with E-state index in [0.717, 1.165) is 19.4 Å². The van der Waals surface area contributed by atoms with Gasteiger partial charge in [-0.15, -0.1) is 0 Å². The minimum Gasteiger partial charge on any atom is -0.394 e. The van der Waals surface area contributed by atoms with Gasteiger partial charge in [-0.05, 0) is 20.3 Å². The van der Waals surface area contributed by atoms with Crippen LogP contribution >= 0.6 is 0 Å². The van der Waals surface area contributed by atoms with E-state index in [-0.39, 0.29) is 18.3 Å². The van der Waals surface area contributed by atoms with Crippen LogP contribution in [-0.4, -0.2) is 53.9 Å². The van der Waals surface area contributed by atoms with Gasteiger partial charge in [-0.2, -0.15) is 0 Å². The molecule has 0 bridgehead atoms. The topological polar surface area (TPSA) is 83.1 Å². The molecule has 0 aromatic rings. The Morgan fingerprint density at radius 3 is 2.89 bits per heavy atom. The van der Waals surface area contributed by atoms with Crippen molar-refractivity contribution in [3.63, 3.8) is 0 Å². The van der Waals surface area contributed by atoms with Crippen molar-refractivity contribution in [2.45, 2.75) is 45.3 Å². The molecule has 0 radical (unpaired) electrons. The normalized spacial score (nSPS) is 24.2. The zero-order valence-corrected chi connectivity index (χ0v) is 11.6. The lowest BCUT2D eigenvalue weighted by Crippen LogP contribution is -2.59. The molecule has 6 nitrogen and oxygen atoms in total. The van der Waals surface area contributed by atoms with E-state index in [2.05, 4.69) is 17.3 Å². The molecular weight excluding hydrogens is 232 g/mol. The van der Waals surface area contributed by atoms with Crippen molar-refractivity contribution in [1.29, 1.82) is 0 Å². The van der Waals surface area contributed by atoms with Gasteiger partial charge in [0.15, 0.2) is 0 Å². The average molecular weight is 258 g/mol. The highest BCUT2D eigenvalue weighted by molar-refractivity contribution is 5.79. The summed E-state index contributed by atoms with van der Waals surface area (Å²) in [6, 6.07) is 0. The van der Waals surface area contributed by atoms with E-state index in [1.54, 1.807) is 0 Å². The SMILES string of the molecule is CCCCN=C(NN)N1CC(CO)OC(C)(C)C1. The lowest BCUT2D eigenvalue weighted by atomic mass is 10.1. The van der Waals surface area contributed by atoms with Crippen molar-refractivity contribution in [1.82, 2.24) is 10.3 Å². The van der Waals surface area contributed by atoms with E-state index in [0.29, 0.717) is 19.0 Å². The molecule has 1 heterocycles. The van der Waals surface area contributed by atoms with E-state index in [1.807, 2.05) is 18.7 Å². The van der Waals surface area contributed by atoms with Crippen LogP contribution in [0, 0.1) is 0 Å². The fraction of sp³-hybridized carbons (Fsp3) is 0.917. The summed E-state index contributed by atoms with van der Waals surface area (Å²) < 4.78 is 5.76. The number of aliphatic imine (C=N–C) groups is 1. The Hall–Kier alpha value is -0.850. The number of nitrogens with two attached hydrogens (primary N) is 1. The van der Waals surface area contributed by atoms with Crippen LogP contribution in [0.5, 0.6) is 0 Å². The second-order valence-corrected chi connectivity index (χ2v) is 5.27. The number of aliphatic hydroxyl groups is 1. The van der Waals surface area contributed by atoms with Gasteiger partial charge >= 0.3 is 0 Å². The zero-order chi connectivity index (χ0) is 13.6. The highest BCUT2D eigenvalue weighted by atomic mass is 16.5. The monoisotopic (exact) mass is 258 g/mol. The van der Waals surface area contributed by atoms with Crippen LogP contribution in [0.25, 0.3) is 0 Å². The van der Waals surface area contributed by atoms with E-state index < -0.39 is 0 Å². The summed E-state index contributed by atoms with van der Waals surface area (Å²) in [5.74, 6) is 6.21. The largest absolute Gasteiger partial charge is 0.394 e. The first kappa shape index (κ1) is 15.2. The number of hydrazine groups is 1. The van der Waals surface area contributed by atoms with Gasteiger partial charge in [0.05, 0.1) is 18.3 Å². The number of hydrogen-bond acceptors (Lipinski definition) is 4. The molecule has 1 atom stereocenters. The number of nitrogens with zero attached hydrogens (tertiary/aromatic N) is 2. The number of rotatable bonds is 4. The Balaban J connectivity index is 2.69. The fourth-order valence-electron chi connectivity index (χ4n) is 2.13. The smallest absolute Gasteiger partial charge is 0.208 e. The minimum atomic E-state index is -0.311. The number of unbranched alkanes of at least 4 members (excludes halogenated alkanes) is 1. The zero-order valence-electron chi connectivity index (χ0n) is 11.6. The minimum absolute atomic E-state index is 0.00669. The van der Waals surface area contributed by atoms with Gasteiger partial charge in [0.25, 0.3) is 0 Å². The Morgan fingerprint density at radius 2 is 2.33 bits per heavy atom. The van der Waals surface area contributed by atoms with Gasteiger partial charge in [-0.1, -0.05) is 13.3 Å². The molecule has 0 amide bonds. The van der Waals surface area contributed by atoms with Crippen molar-refractivity contribution in [2.75, 3.05) is 26.2 Å². The van der Waals surface area contributed by atoms with Gasteiger partial charge < -0.3 is 14.7 Å². The molecule has 1 rings (SSSR count). The quantitative estimate of drug-likeness (QED) is 0.219. The summed E-state index contributed by atoms with van der Waals surface area (Å²) >= 11 is 0. The standard InChI is InChI=1S/C12H26N4O2/c1-4-5-6-14-11(15-13)16-7-10(8-17)18-12(2,3)9-16/h10,17H,4-9,13H2,1-3H3,(H,14,15). The Morgan fingerprint density at radius 1 is 1.61 bits per heavy atom. The molecule has 0 aromatic heterocycles. The second kappa shape index (κ2) is 6.92. The number of ether oxygens (including phenoxy) is 1. The fourth-order valence-corrected chi connectivity index (χ4v) is 2.13. The number of hydrogen-bond donors (Lipinski definition) is 3. The summed E-state index contributed by atoms with van der Waals surface area (Å²) in [6.45, 7) is 8.22. The number of guanidine groups is 1. The van der Waals surface area contributed by atoms with Crippen LogP contribution in [0.1, 0.15) is 33.6 Å². The van der Waals surface area contributed by atoms with Crippen LogP contribution in [-0.2, 0) is 4.74 Å². The molecule has 106 valence electrons. The molecule has 1 unspecified atom stereocenters. The maximum atomic E-state index is 9.27. The van der Waals surface area contributed by atoms with Crippen molar-refractivity contribution in [2.24, 2.45) is 10.8 Å². The Bertz CT molecular complexity index is 281. The molecule has 0 aliphatic carbocycles. The molecule has 18 heavy (non-hydrogen) atoms. The maximum Gasteiger partial charge on any atom is 0.208 e. The van der Waals surface area contributed by atoms with Gasteiger partial charge in [-0.25, -0.2) is 5.84 Å². The predicted octanol–water partition coefficient (Wildman–Crippen LogP) is 0.0775. The second-order valence-electron chi connectivity index (χ2n) is 5.27. The van der Waals surface area contributed by atoms with Crippen molar-refractivity contribution in [3.05, 3.63) is 0 Å². The molecule has 0 aromatic carbocycles. The molecular formula is C12H26N4O2. The highest BCUT2D eigenvalue weighted by Crippen LogP contribution is 2.20. The summed E-state index contributed by atoms with van der Waals surface area (Å²) in [7, 11) is 0. The van der Waals surface area contributed by atoms with Gasteiger partial charge in [0.1, 0.15) is 0 Å². The third-order valence-electron chi connectivity index (χ3n) is 2.89. The van der Waals surface area contributed by atoms with Gasteiger partial charge in [0, 0.05) is 19.6 Å². The van der Waals surface area contributed by atoms with Gasteiger partial charge in [-0.3, -0.25) is 10.4 Å². The molecule has 1 fully saturated rings. The highest BCUT2D eigenvalue weighted by Gasteiger charge is 2.34. The van der Waals surface area contributed by atoms with Crippen LogP contribution in [0.15, 0.2) is 4.99 Å². The number of nitrogens with one attached hydrogen (secondary N) is 1. The maximum absolute atomic E-state index is 9.27. The first-order chi connectivity index (χ1) is 8.52. The molecule has 6 heteroatoms. The first-order valence-electron chi connectivity index (χ1n) is 6.57. The Labute approximate surface area is 109 Å².